The van der Waals surface area contributed by atoms with Crippen LogP contribution in [0.3, 0.4) is 0 Å². The SMILES string of the molecule is CCCC(=O)N[C@@H](Cc1ccc(O)cc1)C(=O)NCCCCCCCNCCCCN.Cl.Cl. The quantitative estimate of drug-likeness (QED) is 0.195. The third-order valence-electron chi connectivity index (χ3n) is 5.14. The number of aromatic hydroxyl groups is 1. The van der Waals surface area contributed by atoms with Crippen molar-refractivity contribution in [2.24, 2.45) is 5.73 Å². The maximum Gasteiger partial charge on any atom is 0.242 e. The number of nitrogens with one attached hydrogen (secondary N) is 3. The van der Waals surface area contributed by atoms with E-state index in [1.807, 2.05) is 6.92 Å². The van der Waals surface area contributed by atoms with E-state index in [1.165, 1.54) is 12.8 Å². The van der Waals surface area contributed by atoms with Crippen molar-refractivity contribution in [2.75, 3.05) is 26.2 Å². The number of hydrogen-bond acceptors (Lipinski definition) is 5. The summed E-state index contributed by atoms with van der Waals surface area (Å²) in [6.45, 7) is 5.42. The van der Waals surface area contributed by atoms with Crippen molar-refractivity contribution in [1.29, 1.82) is 0 Å². The Balaban J connectivity index is 0. The molecule has 1 aromatic carbocycles. The molecule has 1 atom stereocenters. The summed E-state index contributed by atoms with van der Waals surface area (Å²) in [7, 11) is 0. The first-order valence-corrected chi connectivity index (χ1v) is 11.8. The fourth-order valence-corrected chi connectivity index (χ4v) is 3.33. The molecule has 7 nitrogen and oxygen atoms in total. The van der Waals surface area contributed by atoms with E-state index in [0.29, 0.717) is 19.4 Å². The number of phenolic OH excluding ortho intramolecular Hbond substituents is 1. The molecule has 0 unspecified atom stereocenters. The summed E-state index contributed by atoms with van der Waals surface area (Å²) in [5, 5.41) is 18.7. The highest BCUT2D eigenvalue weighted by atomic mass is 35.5. The van der Waals surface area contributed by atoms with Crippen LogP contribution in [0.5, 0.6) is 5.75 Å². The molecule has 0 aliphatic rings. The van der Waals surface area contributed by atoms with Crippen LogP contribution in [0.15, 0.2) is 24.3 Å². The molecular formula is C24H44Cl2N4O3. The summed E-state index contributed by atoms with van der Waals surface area (Å²) in [6.07, 6.45) is 9.30. The average molecular weight is 508 g/mol. The minimum Gasteiger partial charge on any atom is -0.508 e. The van der Waals surface area contributed by atoms with Gasteiger partial charge in [-0.15, -0.1) is 24.8 Å². The number of nitrogens with two attached hydrogens (primary N) is 1. The minimum absolute atomic E-state index is 0. The van der Waals surface area contributed by atoms with Gasteiger partial charge in [0.05, 0.1) is 0 Å². The standard InChI is InChI=1S/C24H42N4O3.2ClH/c1-2-10-23(30)28-22(19-20-11-13-21(29)14-12-20)24(31)27-18-8-5-3-4-7-16-26-17-9-6-15-25;;/h11-14,22,26,29H,2-10,15-19,25H2,1H3,(H,27,31)(H,28,30);2*1H/t22-;;/m0../s1. The molecule has 1 rings (SSSR count). The summed E-state index contributed by atoms with van der Waals surface area (Å²) >= 11 is 0. The second-order valence-electron chi connectivity index (χ2n) is 8.05. The number of hydrogen-bond donors (Lipinski definition) is 5. The highest BCUT2D eigenvalue weighted by Crippen LogP contribution is 2.12. The van der Waals surface area contributed by atoms with Gasteiger partial charge >= 0.3 is 0 Å². The average Bonchev–Trinajstić information content (AvgIpc) is 2.75. The van der Waals surface area contributed by atoms with Gasteiger partial charge < -0.3 is 26.8 Å². The highest BCUT2D eigenvalue weighted by molar-refractivity contribution is 5.87. The Labute approximate surface area is 211 Å². The molecule has 0 spiro atoms. The van der Waals surface area contributed by atoms with Gasteiger partial charge in [0.15, 0.2) is 0 Å². The van der Waals surface area contributed by atoms with Crippen molar-refractivity contribution >= 4 is 36.6 Å². The Morgan fingerprint density at radius 3 is 2.09 bits per heavy atom. The smallest absolute Gasteiger partial charge is 0.242 e. The van der Waals surface area contributed by atoms with Crippen LogP contribution in [0.4, 0.5) is 0 Å². The van der Waals surface area contributed by atoms with E-state index in [0.717, 1.165) is 63.7 Å². The number of unbranched alkanes of at least 4 members (excludes halogenated alkanes) is 5. The maximum atomic E-state index is 12.6. The second-order valence-corrected chi connectivity index (χ2v) is 8.05. The molecule has 1 aromatic rings. The van der Waals surface area contributed by atoms with Crippen molar-refractivity contribution < 1.29 is 14.7 Å². The van der Waals surface area contributed by atoms with Gasteiger partial charge in [-0.2, -0.15) is 0 Å². The molecule has 0 fully saturated rings. The van der Waals surface area contributed by atoms with E-state index in [2.05, 4.69) is 16.0 Å². The second kappa shape index (κ2) is 22.3. The van der Waals surface area contributed by atoms with Crippen molar-refractivity contribution in [2.45, 2.75) is 77.2 Å². The predicted molar refractivity (Wildman–Crippen MR) is 140 cm³/mol. The lowest BCUT2D eigenvalue weighted by Crippen LogP contribution is -2.48. The van der Waals surface area contributed by atoms with Crippen LogP contribution in [0.25, 0.3) is 0 Å². The molecule has 33 heavy (non-hydrogen) atoms. The van der Waals surface area contributed by atoms with E-state index in [4.69, 9.17) is 5.73 Å². The molecule has 0 saturated heterocycles. The Hall–Kier alpha value is -1.54. The molecule has 6 N–H and O–H groups in total. The number of rotatable bonds is 18. The fraction of sp³-hybridized carbons (Fsp3) is 0.667. The van der Waals surface area contributed by atoms with E-state index >= 15 is 0 Å². The largest absolute Gasteiger partial charge is 0.508 e. The van der Waals surface area contributed by atoms with Gasteiger partial charge in [-0.05, 0) is 69.4 Å². The molecule has 0 radical (unpaired) electrons. The number of carbonyl (C=O) groups is 2. The van der Waals surface area contributed by atoms with Crippen molar-refractivity contribution in [3.05, 3.63) is 29.8 Å². The maximum absolute atomic E-state index is 12.6. The van der Waals surface area contributed by atoms with E-state index in [-0.39, 0.29) is 42.4 Å². The number of phenols is 1. The third-order valence-corrected chi connectivity index (χ3v) is 5.14. The van der Waals surface area contributed by atoms with E-state index in [1.54, 1.807) is 24.3 Å². The molecule has 192 valence electrons. The number of amides is 2. The molecule has 2 amide bonds. The lowest BCUT2D eigenvalue weighted by atomic mass is 10.0. The highest BCUT2D eigenvalue weighted by Gasteiger charge is 2.20. The molecule has 0 aromatic heterocycles. The minimum atomic E-state index is -0.603. The summed E-state index contributed by atoms with van der Waals surface area (Å²) in [4.78, 5) is 24.7. The summed E-state index contributed by atoms with van der Waals surface area (Å²) in [6, 6.07) is 6.12. The zero-order valence-electron chi connectivity index (χ0n) is 19.9. The van der Waals surface area contributed by atoms with Gasteiger partial charge in [-0.25, -0.2) is 0 Å². The van der Waals surface area contributed by atoms with E-state index < -0.39 is 6.04 Å². The van der Waals surface area contributed by atoms with Crippen LogP contribution < -0.4 is 21.7 Å². The van der Waals surface area contributed by atoms with Crippen LogP contribution >= 0.6 is 24.8 Å². The first-order chi connectivity index (χ1) is 15.1. The van der Waals surface area contributed by atoms with Gasteiger partial charge in [0.25, 0.3) is 0 Å². The van der Waals surface area contributed by atoms with Gasteiger partial charge in [-0.1, -0.05) is 38.3 Å². The Kier molecular flexibility index (Phi) is 22.7. The normalized spacial score (nSPS) is 11.1. The first-order valence-electron chi connectivity index (χ1n) is 11.8. The van der Waals surface area contributed by atoms with Crippen LogP contribution in [0.2, 0.25) is 0 Å². The van der Waals surface area contributed by atoms with Gasteiger partial charge in [-0.3, -0.25) is 9.59 Å². The summed E-state index contributed by atoms with van der Waals surface area (Å²) in [5.41, 5.74) is 6.37. The van der Waals surface area contributed by atoms with Gasteiger partial charge in [0.2, 0.25) is 11.8 Å². The van der Waals surface area contributed by atoms with E-state index in [9.17, 15) is 14.7 Å². The number of halogens is 2. The number of carbonyl (C=O) groups excluding carboxylic acids is 2. The van der Waals surface area contributed by atoms with Crippen LogP contribution in [0.1, 0.15) is 70.3 Å². The van der Waals surface area contributed by atoms with Crippen molar-refractivity contribution in [3.63, 3.8) is 0 Å². The molecule has 0 aliphatic heterocycles. The third kappa shape index (κ3) is 17.6. The molecule has 0 aliphatic carbocycles. The topological polar surface area (TPSA) is 116 Å². The lowest BCUT2D eigenvalue weighted by molar-refractivity contribution is -0.129. The summed E-state index contributed by atoms with van der Waals surface area (Å²) < 4.78 is 0. The molecule has 0 heterocycles. The number of benzene rings is 1. The van der Waals surface area contributed by atoms with Crippen LogP contribution in [-0.4, -0.2) is 49.1 Å². The predicted octanol–water partition coefficient (Wildman–Crippen LogP) is 3.46. The zero-order chi connectivity index (χ0) is 22.7. The van der Waals surface area contributed by atoms with Gasteiger partial charge in [0.1, 0.15) is 11.8 Å². The van der Waals surface area contributed by atoms with Gasteiger partial charge in [0, 0.05) is 19.4 Å². The fourth-order valence-electron chi connectivity index (χ4n) is 3.33. The Morgan fingerprint density at radius 1 is 0.909 bits per heavy atom. The van der Waals surface area contributed by atoms with Crippen LogP contribution in [0, 0.1) is 0 Å². The zero-order valence-corrected chi connectivity index (χ0v) is 21.6. The Bertz CT molecular complexity index is 618. The molecule has 0 saturated carbocycles. The van der Waals surface area contributed by atoms with Crippen molar-refractivity contribution in [3.8, 4) is 5.75 Å². The molecular weight excluding hydrogens is 463 g/mol. The monoisotopic (exact) mass is 506 g/mol. The first kappa shape index (κ1) is 33.6. The lowest BCUT2D eigenvalue weighted by Gasteiger charge is -2.19. The van der Waals surface area contributed by atoms with Crippen LogP contribution in [-0.2, 0) is 16.0 Å². The summed E-state index contributed by atoms with van der Waals surface area (Å²) in [5.74, 6) is -0.0839. The Morgan fingerprint density at radius 2 is 1.48 bits per heavy atom. The molecule has 0 bridgehead atoms. The van der Waals surface area contributed by atoms with Crippen molar-refractivity contribution in [1.82, 2.24) is 16.0 Å². The molecule has 9 heteroatoms.